The quantitative estimate of drug-likeness (QED) is 0.312. The normalized spacial score (nSPS) is 10.7. The molecule has 0 heterocycles. The first kappa shape index (κ1) is 18.9. The molecule has 11 heteroatoms. The summed E-state index contributed by atoms with van der Waals surface area (Å²) in [5.74, 6) is -26.6. The lowest BCUT2D eigenvalue weighted by Crippen LogP contribution is -2.10. The molecule has 3 radical (unpaired) electrons. The molecule has 2 aromatic rings. The molecule has 0 amide bonds. The second kappa shape index (κ2) is 6.13. The number of halogens is 10. The number of hydrogen-bond donors (Lipinski definition) is 0. The van der Waals surface area contributed by atoms with Gasteiger partial charge in [-0.05, 0) is 0 Å². The van der Waals surface area contributed by atoms with Crippen molar-refractivity contribution in [1.29, 1.82) is 0 Å². The number of benzene rings is 2. The van der Waals surface area contributed by atoms with Gasteiger partial charge in [0.05, 0.1) is 11.1 Å². The molecule has 0 saturated heterocycles. The van der Waals surface area contributed by atoms with E-state index in [2.05, 4.69) is 0 Å². The molecule has 0 aromatic heterocycles. The van der Waals surface area contributed by atoms with Crippen molar-refractivity contribution < 1.29 is 43.9 Å². The minimum absolute atomic E-state index is 0. The maximum Gasteiger partial charge on any atom is 0.200 e. The molecule has 0 saturated carbocycles. The van der Waals surface area contributed by atoms with Gasteiger partial charge in [-0.2, -0.15) is 0 Å². The third-order valence-electron chi connectivity index (χ3n) is 2.67. The summed E-state index contributed by atoms with van der Waals surface area (Å²) in [5.41, 5.74) is -4.52. The highest BCUT2D eigenvalue weighted by Crippen LogP contribution is 2.37. The topological polar surface area (TPSA) is 0 Å². The van der Waals surface area contributed by atoms with Crippen molar-refractivity contribution in [2.75, 3.05) is 0 Å². The van der Waals surface area contributed by atoms with E-state index in [1.165, 1.54) is 0 Å². The second-order valence-electron chi connectivity index (χ2n) is 3.89. The van der Waals surface area contributed by atoms with Crippen molar-refractivity contribution in [1.82, 2.24) is 0 Å². The predicted molar refractivity (Wildman–Crippen MR) is 57.2 cm³/mol. The Balaban J connectivity index is 0.00000264. The van der Waals surface area contributed by atoms with Crippen molar-refractivity contribution in [3.8, 4) is 11.1 Å². The highest BCUT2D eigenvalue weighted by molar-refractivity contribution is 5.75. The molecule has 2 aromatic carbocycles. The summed E-state index contributed by atoms with van der Waals surface area (Å²) in [6, 6.07) is 0. The van der Waals surface area contributed by atoms with Gasteiger partial charge >= 0.3 is 0 Å². The Morgan fingerprint density at radius 3 is 0.565 bits per heavy atom. The first-order valence-electron chi connectivity index (χ1n) is 5.14. The van der Waals surface area contributed by atoms with Gasteiger partial charge in [0.1, 0.15) is 0 Å². The van der Waals surface area contributed by atoms with Crippen LogP contribution in [0, 0.1) is 58.2 Å². The largest absolute Gasteiger partial charge is 0.203 e. The summed E-state index contributed by atoms with van der Waals surface area (Å²) in [6.07, 6.45) is 0. The average Bonchev–Trinajstić information content (AvgIpc) is 2.50. The molecule has 0 unspecified atom stereocenters. The molecule has 0 bridgehead atoms. The molecule has 0 atom stereocenters. The van der Waals surface area contributed by atoms with Crippen molar-refractivity contribution in [2.24, 2.45) is 0 Å². The molecule has 0 aliphatic carbocycles. The molecule has 2 rings (SSSR count). The van der Waals surface area contributed by atoms with Crippen molar-refractivity contribution >= 4 is 8.41 Å². The summed E-state index contributed by atoms with van der Waals surface area (Å²) in [7, 11) is 0. The fourth-order valence-corrected chi connectivity index (χ4v) is 1.65. The van der Waals surface area contributed by atoms with Crippen LogP contribution < -0.4 is 0 Å². The van der Waals surface area contributed by atoms with Gasteiger partial charge in [-0.15, -0.1) is 0 Å². The molecule has 121 valence electrons. The highest BCUT2D eigenvalue weighted by atomic mass is 19.2. The Kier molecular flexibility index (Phi) is 5.02. The van der Waals surface area contributed by atoms with E-state index in [0.717, 1.165) is 0 Å². The standard InChI is InChI=1S/C12F10.B/c13-3-1(4(14)8(18)11(21)7(3)17)2-5(15)9(19)12(22)10(20)6(2)16;. The maximum atomic E-state index is 13.4. The first-order chi connectivity index (χ1) is 10.1. The van der Waals surface area contributed by atoms with Gasteiger partial charge in [-0.25, -0.2) is 43.9 Å². The van der Waals surface area contributed by atoms with Gasteiger partial charge in [0.2, 0.25) is 11.6 Å². The van der Waals surface area contributed by atoms with E-state index in [1.54, 1.807) is 0 Å². The Bertz CT molecular complexity index is 676. The van der Waals surface area contributed by atoms with Gasteiger partial charge in [0.25, 0.3) is 0 Å². The Labute approximate surface area is 122 Å². The Hall–Kier alpha value is -2.20. The van der Waals surface area contributed by atoms with E-state index in [-0.39, 0.29) is 8.41 Å². The molecule has 0 aliphatic rings. The summed E-state index contributed by atoms with van der Waals surface area (Å²) in [6.45, 7) is 0. The summed E-state index contributed by atoms with van der Waals surface area (Å²) in [4.78, 5) is 0. The van der Waals surface area contributed by atoms with E-state index in [0.29, 0.717) is 0 Å². The van der Waals surface area contributed by atoms with Gasteiger partial charge < -0.3 is 0 Å². The lowest BCUT2D eigenvalue weighted by atomic mass is 10.0. The monoisotopic (exact) mass is 345 g/mol. The van der Waals surface area contributed by atoms with Crippen LogP contribution in [0.5, 0.6) is 0 Å². The fraction of sp³-hybridized carbons (Fsp3) is 0. The van der Waals surface area contributed by atoms with Gasteiger partial charge in [-0.3, -0.25) is 0 Å². The third kappa shape index (κ3) is 2.53. The van der Waals surface area contributed by atoms with Crippen LogP contribution in [0.4, 0.5) is 43.9 Å². The minimum Gasteiger partial charge on any atom is -0.203 e. The summed E-state index contributed by atoms with van der Waals surface area (Å²) < 4.78 is 131. The smallest absolute Gasteiger partial charge is 0.200 e. The van der Waals surface area contributed by atoms with E-state index < -0.39 is 69.3 Å². The SMILES string of the molecule is Fc1c(F)c(F)c(-c2c(F)c(F)c(F)c(F)c2F)c(F)c1F.[B]. The molecular formula is C12BF10. The van der Waals surface area contributed by atoms with Crippen LogP contribution in [0.1, 0.15) is 0 Å². The second-order valence-corrected chi connectivity index (χ2v) is 3.89. The third-order valence-corrected chi connectivity index (χ3v) is 2.67. The van der Waals surface area contributed by atoms with Gasteiger partial charge in [0, 0.05) is 8.41 Å². The lowest BCUT2D eigenvalue weighted by molar-refractivity contribution is 0.370. The highest BCUT2D eigenvalue weighted by Gasteiger charge is 2.34. The van der Waals surface area contributed by atoms with E-state index in [1.807, 2.05) is 0 Å². The van der Waals surface area contributed by atoms with Crippen LogP contribution in [-0.4, -0.2) is 8.41 Å². The van der Waals surface area contributed by atoms with Crippen LogP contribution >= 0.6 is 0 Å². The first-order valence-corrected chi connectivity index (χ1v) is 5.14. The molecule has 23 heavy (non-hydrogen) atoms. The molecular weight excluding hydrogens is 345 g/mol. The van der Waals surface area contributed by atoms with Crippen molar-refractivity contribution in [3.05, 3.63) is 58.2 Å². The molecule has 0 spiro atoms. The zero-order valence-corrected chi connectivity index (χ0v) is 10.4. The van der Waals surface area contributed by atoms with E-state index >= 15 is 0 Å². The average molecular weight is 345 g/mol. The molecule has 0 aliphatic heterocycles. The van der Waals surface area contributed by atoms with Crippen LogP contribution in [-0.2, 0) is 0 Å². The zero-order valence-electron chi connectivity index (χ0n) is 10.4. The van der Waals surface area contributed by atoms with Crippen LogP contribution in [0.2, 0.25) is 0 Å². The molecule has 0 N–H and O–H groups in total. The van der Waals surface area contributed by atoms with Crippen LogP contribution in [0.3, 0.4) is 0 Å². The van der Waals surface area contributed by atoms with Crippen molar-refractivity contribution in [2.45, 2.75) is 0 Å². The molecule has 0 fully saturated rings. The minimum atomic E-state index is -2.68. The molecule has 0 nitrogen and oxygen atoms in total. The fourth-order valence-electron chi connectivity index (χ4n) is 1.65. The maximum absolute atomic E-state index is 13.4. The zero-order chi connectivity index (χ0) is 16.9. The van der Waals surface area contributed by atoms with Gasteiger partial charge in [0.15, 0.2) is 46.5 Å². The van der Waals surface area contributed by atoms with Crippen molar-refractivity contribution in [3.63, 3.8) is 0 Å². The Morgan fingerprint density at radius 1 is 0.261 bits per heavy atom. The number of hydrogen-bond acceptors (Lipinski definition) is 0. The Morgan fingerprint density at radius 2 is 0.391 bits per heavy atom. The van der Waals surface area contributed by atoms with Gasteiger partial charge in [-0.1, -0.05) is 0 Å². The van der Waals surface area contributed by atoms with Crippen LogP contribution in [0.25, 0.3) is 11.1 Å². The number of rotatable bonds is 1. The predicted octanol–water partition coefficient (Wildman–Crippen LogP) is 4.36. The van der Waals surface area contributed by atoms with E-state index in [9.17, 15) is 43.9 Å². The van der Waals surface area contributed by atoms with Crippen LogP contribution in [0.15, 0.2) is 0 Å². The summed E-state index contributed by atoms with van der Waals surface area (Å²) >= 11 is 0. The van der Waals surface area contributed by atoms with E-state index in [4.69, 9.17) is 0 Å². The lowest BCUT2D eigenvalue weighted by Gasteiger charge is -2.11. The summed E-state index contributed by atoms with van der Waals surface area (Å²) in [5, 5.41) is 0.